The fraction of sp³-hybridized carbons (Fsp3) is 1.00. The summed E-state index contributed by atoms with van der Waals surface area (Å²) in [5.74, 6) is 0. The summed E-state index contributed by atoms with van der Waals surface area (Å²) in [7, 11) is 4.19. The van der Waals surface area contributed by atoms with Crippen LogP contribution in [0.2, 0.25) is 0 Å². The summed E-state index contributed by atoms with van der Waals surface area (Å²) in [6, 6.07) is 0.264. The number of nitrogens with zero attached hydrogens (tertiary/aromatic N) is 2. The molecule has 0 aromatic rings. The van der Waals surface area contributed by atoms with Crippen LogP contribution in [0.4, 0.5) is 0 Å². The molecular weight excluding hydrogens is 178 g/mol. The van der Waals surface area contributed by atoms with Gasteiger partial charge in [-0.3, -0.25) is 0 Å². The summed E-state index contributed by atoms with van der Waals surface area (Å²) in [5, 5.41) is 12.5. The van der Waals surface area contributed by atoms with Gasteiger partial charge in [-0.2, -0.15) is 0 Å². The Morgan fingerprint density at radius 2 is 2.29 bits per heavy atom. The van der Waals surface area contributed by atoms with E-state index in [1.165, 1.54) is 6.42 Å². The summed E-state index contributed by atoms with van der Waals surface area (Å²) in [6.45, 7) is 5.60. The van der Waals surface area contributed by atoms with Crippen molar-refractivity contribution in [1.82, 2.24) is 15.1 Å². The van der Waals surface area contributed by atoms with Gasteiger partial charge in [0.1, 0.15) is 0 Å². The Bertz CT molecular complexity index is 152. The Kier molecular flexibility index (Phi) is 5.40. The predicted molar refractivity (Wildman–Crippen MR) is 58.5 cm³/mol. The van der Waals surface area contributed by atoms with E-state index in [-0.39, 0.29) is 12.6 Å². The highest BCUT2D eigenvalue weighted by Gasteiger charge is 2.16. The van der Waals surface area contributed by atoms with Crippen LogP contribution in [0, 0.1) is 0 Å². The molecule has 4 nitrogen and oxygen atoms in total. The number of hydrogen-bond donors (Lipinski definition) is 2. The minimum absolute atomic E-state index is 0.248. The highest BCUT2D eigenvalue weighted by molar-refractivity contribution is 4.75. The molecule has 1 aliphatic rings. The van der Waals surface area contributed by atoms with Crippen LogP contribution in [0.5, 0.6) is 0 Å². The van der Waals surface area contributed by atoms with Gasteiger partial charge in [-0.25, -0.2) is 0 Å². The van der Waals surface area contributed by atoms with Gasteiger partial charge >= 0.3 is 0 Å². The van der Waals surface area contributed by atoms with Crippen molar-refractivity contribution in [3.63, 3.8) is 0 Å². The van der Waals surface area contributed by atoms with Crippen LogP contribution in [0.25, 0.3) is 0 Å². The molecule has 1 rings (SSSR count). The quantitative estimate of drug-likeness (QED) is 0.625. The average molecular weight is 201 g/mol. The first-order valence-corrected chi connectivity index (χ1v) is 5.43. The van der Waals surface area contributed by atoms with E-state index >= 15 is 0 Å². The predicted octanol–water partition coefficient (Wildman–Crippen LogP) is -0.796. The maximum Gasteiger partial charge on any atom is 0.0597 e. The Balaban J connectivity index is 2.27. The normalized spacial score (nSPS) is 25.3. The van der Waals surface area contributed by atoms with E-state index in [0.29, 0.717) is 0 Å². The minimum Gasteiger partial charge on any atom is -0.395 e. The summed E-state index contributed by atoms with van der Waals surface area (Å²) >= 11 is 0. The van der Waals surface area contributed by atoms with E-state index in [1.54, 1.807) is 0 Å². The molecule has 0 saturated carbocycles. The van der Waals surface area contributed by atoms with Crippen molar-refractivity contribution >= 4 is 0 Å². The Morgan fingerprint density at radius 1 is 1.50 bits per heavy atom. The van der Waals surface area contributed by atoms with Crippen molar-refractivity contribution in [2.75, 3.05) is 53.4 Å². The second-order valence-electron chi connectivity index (χ2n) is 4.29. The van der Waals surface area contributed by atoms with E-state index in [1.807, 2.05) is 0 Å². The van der Waals surface area contributed by atoms with Crippen molar-refractivity contribution in [3.05, 3.63) is 0 Å². The molecule has 0 bridgehead atoms. The summed E-state index contributed by atoms with van der Waals surface area (Å²) in [5.41, 5.74) is 0. The molecule has 1 aliphatic heterocycles. The zero-order chi connectivity index (χ0) is 10.4. The Morgan fingerprint density at radius 3 is 2.93 bits per heavy atom. The Labute approximate surface area is 86.9 Å². The van der Waals surface area contributed by atoms with Crippen LogP contribution in [0.1, 0.15) is 6.42 Å². The summed E-state index contributed by atoms with van der Waals surface area (Å²) in [6.07, 6.45) is 1.18. The van der Waals surface area contributed by atoms with Gasteiger partial charge in [-0.15, -0.1) is 0 Å². The average Bonchev–Trinajstić information content (AvgIpc) is 2.39. The number of hydrogen-bond acceptors (Lipinski definition) is 4. The molecule has 0 amide bonds. The molecule has 1 fully saturated rings. The van der Waals surface area contributed by atoms with Crippen molar-refractivity contribution in [2.45, 2.75) is 12.5 Å². The second-order valence-corrected chi connectivity index (χ2v) is 4.29. The van der Waals surface area contributed by atoms with Gasteiger partial charge in [0.15, 0.2) is 0 Å². The molecule has 0 spiro atoms. The first-order chi connectivity index (χ1) is 6.72. The van der Waals surface area contributed by atoms with Crippen LogP contribution in [0.3, 0.4) is 0 Å². The first kappa shape index (κ1) is 11.9. The SMILES string of the molecule is CN(C)CCN1CCCNC(CO)C1. The summed E-state index contributed by atoms with van der Waals surface area (Å²) < 4.78 is 0. The van der Waals surface area contributed by atoms with Gasteiger partial charge in [0.05, 0.1) is 6.61 Å². The largest absolute Gasteiger partial charge is 0.395 e. The third-order valence-corrected chi connectivity index (χ3v) is 2.65. The topological polar surface area (TPSA) is 38.7 Å². The van der Waals surface area contributed by atoms with Crippen molar-refractivity contribution in [1.29, 1.82) is 0 Å². The molecular formula is C10H23N3O. The number of aliphatic hydroxyl groups excluding tert-OH is 1. The molecule has 84 valence electrons. The van der Waals surface area contributed by atoms with Gasteiger partial charge in [0.25, 0.3) is 0 Å². The molecule has 14 heavy (non-hydrogen) atoms. The molecule has 0 radical (unpaired) electrons. The van der Waals surface area contributed by atoms with Crippen molar-refractivity contribution in [2.24, 2.45) is 0 Å². The zero-order valence-electron chi connectivity index (χ0n) is 9.37. The van der Waals surface area contributed by atoms with E-state index in [0.717, 1.165) is 32.7 Å². The van der Waals surface area contributed by atoms with Crippen molar-refractivity contribution < 1.29 is 5.11 Å². The van der Waals surface area contributed by atoms with E-state index in [2.05, 4.69) is 29.2 Å². The molecule has 1 saturated heterocycles. The third-order valence-electron chi connectivity index (χ3n) is 2.65. The maximum absolute atomic E-state index is 9.11. The molecule has 1 heterocycles. The van der Waals surface area contributed by atoms with Crippen LogP contribution >= 0.6 is 0 Å². The molecule has 1 atom stereocenters. The van der Waals surface area contributed by atoms with Gasteiger partial charge in [0.2, 0.25) is 0 Å². The molecule has 4 heteroatoms. The first-order valence-electron chi connectivity index (χ1n) is 5.43. The fourth-order valence-electron chi connectivity index (χ4n) is 1.74. The van der Waals surface area contributed by atoms with Crippen LogP contribution in [-0.2, 0) is 0 Å². The third kappa shape index (κ3) is 4.37. The summed E-state index contributed by atoms with van der Waals surface area (Å²) in [4.78, 5) is 4.63. The lowest BCUT2D eigenvalue weighted by molar-refractivity contribution is 0.191. The molecule has 2 N–H and O–H groups in total. The highest BCUT2D eigenvalue weighted by Crippen LogP contribution is 2.00. The Hall–Kier alpha value is -0.160. The van der Waals surface area contributed by atoms with Crippen molar-refractivity contribution in [3.8, 4) is 0 Å². The number of rotatable bonds is 4. The minimum atomic E-state index is 0.248. The number of aliphatic hydroxyl groups is 1. The van der Waals surface area contributed by atoms with Gasteiger partial charge in [-0.05, 0) is 33.6 Å². The lowest BCUT2D eigenvalue weighted by atomic mass is 10.3. The van der Waals surface area contributed by atoms with Gasteiger partial charge in [0, 0.05) is 25.7 Å². The molecule has 0 aromatic heterocycles. The van der Waals surface area contributed by atoms with Gasteiger partial charge < -0.3 is 20.2 Å². The van der Waals surface area contributed by atoms with E-state index in [9.17, 15) is 0 Å². The lowest BCUT2D eigenvalue weighted by Gasteiger charge is -2.24. The van der Waals surface area contributed by atoms with Crippen LogP contribution in [-0.4, -0.2) is 74.4 Å². The van der Waals surface area contributed by atoms with Crippen LogP contribution < -0.4 is 5.32 Å². The highest BCUT2D eigenvalue weighted by atomic mass is 16.3. The maximum atomic E-state index is 9.11. The lowest BCUT2D eigenvalue weighted by Crippen LogP contribution is -2.42. The molecule has 1 unspecified atom stereocenters. The standard InChI is InChI=1S/C10H23N3O/c1-12(2)6-7-13-5-3-4-11-10(8-13)9-14/h10-11,14H,3-9H2,1-2H3. The molecule has 0 aliphatic carbocycles. The van der Waals surface area contributed by atoms with Crippen LogP contribution in [0.15, 0.2) is 0 Å². The smallest absolute Gasteiger partial charge is 0.0597 e. The number of likely N-dealkylation sites (N-methyl/N-ethyl adjacent to an activating group) is 1. The monoisotopic (exact) mass is 201 g/mol. The zero-order valence-corrected chi connectivity index (χ0v) is 9.37. The molecule has 0 aromatic carbocycles. The van der Waals surface area contributed by atoms with E-state index in [4.69, 9.17) is 5.11 Å². The second kappa shape index (κ2) is 6.35. The fourth-order valence-corrected chi connectivity index (χ4v) is 1.74. The van der Waals surface area contributed by atoms with Gasteiger partial charge in [-0.1, -0.05) is 0 Å². The number of nitrogens with one attached hydrogen (secondary N) is 1. The van der Waals surface area contributed by atoms with E-state index < -0.39 is 0 Å².